The van der Waals surface area contributed by atoms with E-state index in [-0.39, 0.29) is 23.6 Å². The van der Waals surface area contributed by atoms with E-state index in [1.165, 1.54) is 19.1 Å². The number of benzene rings is 1. The number of carbonyl (C=O) groups excluding carboxylic acids is 1. The van der Waals surface area contributed by atoms with Gasteiger partial charge in [-0.2, -0.15) is 0 Å². The van der Waals surface area contributed by atoms with E-state index in [0.29, 0.717) is 11.8 Å². The first-order valence-corrected chi connectivity index (χ1v) is 12.8. The van der Waals surface area contributed by atoms with Crippen molar-refractivity contribution in [2.45, 2.75) is 58.8 Å². The molecule has 0 spiro atoms. The maximum Gasteiger partial charge on any atom is 0.303 e. The Labute approximate surface area is 204 Å². The van der Waals surface area contributed by atoms with Crippen molar-refractivity contribution in [1.82, 2.24) is 9.80 Å². The number of ether oxygens (including phenoxy) is 1. The van der Waals surface area contributed by atoms with Crippen molar-refractivity contribution in [3.63, 3.8) is 0 Å². The standard InChI is InChI=1S/C28H40FN2O3/c1-19-15-26-25(10-5-21(3)28(26,33)16-27(19)34-22(4)32)20(2)17-30-11-13-31(14-12-30)18-23-6-8-24(29)9-7-23/h6-9,15-16,20-21,25-27,33H,5,10-14,17-18H2,1-4H3/t20?,21-,25+,26-,27-,28-/m1/s1. The highest BCUT2D eigenvalue weighted by atomic mass is 19.1. The Morgan fingerprint density at radius 3 is 2.47 bits per heavy atom. The van der Waals surface area contributed by atoms with Crippen LogP contribution in [0.5, 0.6) is 0 Å². The monoisotopic (exact) mass is 471 g/mol. The summed E-state index contributed by atoms with van der Waals surface area (Å²) >= 11 is 0. The molecule has 6 heteroatoms. The number of fused-ring (bicyclic) bond motifs is 1. The Morgan fingerprint density at radius 2 is 1.82 bits per heavy atom. The van der Waals surface area contributed by atoms with Gasteiger partial charge in [0.1, 0.15) is 11.9 Å². The molecule has 5 nitrogen and oxygen atoms in total. The molecule has 0 amide bonds. The zero-order valence-electron chi connectivity index (χ0n) is 21.0. The van der Waals surface area contributed by atoms with Crippen molar-refractivity contribution in [2.75, 3.05) is 32.7 Å². The van der Waals surface area contributed by atoms with Crippen molar-refractivity contribution in [3.05, 3.63) is 53.7 Å². The lowest BCUT2D eigenvalue weighted by molar-refractivity contribution is -0.148. The smallest absolute Gasteiger partial charge is 0.303 e. The van der Waals surface area contributed by atoms with Gasteiger partial charge in [0.2, 0.25) is 0 Å². The third-order valence-electron chi connectivity index (χ3n) is 8.38. The molecule has 1 heterocycles. The Hall–Kier alpha value is -1.76. The molecule has 34 heavy (non-hydrogen) atoms. The number of halogens is 1. The van der Waals surface area contributed by atoms with Gasteiger partial charge in [-0.3, -0.25) is 9.69 Å². The van der Waals surface area contributed by atoms with E-state index < -0.39 is 11.7 Å². The summed E-state index contributed by atoms with van der Waals surface area (Å²) in [5, 5.41) is 11.7. The fourth-order valence-corrected chi connectivity index (χ4v) is 6.27. The van der Waals surface area contributed by atoms with Gasteiger partial charge < -0.3 is 14.7 Å². The molecule has 0 aromatic heterocycles. The number of hydrogen-bond acceptors (Lipinski definition) is 5. The van der Waals surface area contributed by atoms with Crippen LogP contribution in [0.1, 0.15) is 46.1 Å². The van der Waals surface area contributed by atoms with Crippen molar-refractivity contribution < 1.29 is 19.0 Å². The summed E-state index contributed by atoms with van der Waals surface area (Å²) < 4.78 is 18.7. The van der Waals surface area contributed by atoms with E-state index in [1.54, 1.807) is 0 Å². The van der Waals surface area contributed by atoms with E-state index in [0.717, 1.165) is 63.2 Å². The van der Waals surface area contributed by atoms with Crippen LogP contribution in [0.25, 0.3) is 0 Å². The van der Waals surface area contributed by atoms with Gasteiger partial charge in [0.05, 0.1) is 5.60 Å². The molecule has 1 saturated carbocycles. The van der Waals surface area contributed by atoms with Crippen molar-refractivity contribution in [3.8, 4) is 0 Å². The zero-order valence-corrected chi connectivity index (χ0v) is 21.0. The van der Waals surface area contributed by atoms with Gasteiger partial charge in [-0.15, -0.1) is 0 Å². The zero-order chi connectivity index (χ0) is 24.5. The number of carbonyl (C=O) groups is 1. The summed E-state index contributed by atoms with van der Waals surface area (Å²) in [7, 11) is 0. The van der Waals surface area contributed by atoms with Crippen LogP contribution in [0.2, 0.25) is 0 Å². The van der Waals surface area contributed by atoms with Gasteiger partial charge in [0.15, 0.2) is 0 Å². The minimum Gasteiger partial charge on any atom is -0.458 e. The molecular weight excluding hydrogens is 431 g/mol. The Balaban J connectivity index is 1.35. The second-order valence-corrected chi connectivity index (χ2v) is 10.8. The molecule has 4 rings (SSSR count). The van der Waals surface area contributed by atoms with Crippen LogP contribution in [-0.2, 0) is 16.1 Å². The molecule has 1 unspecified atom stereocenters. The fraction of sp³-hybridized carbons (Fsp3) is 0.643. The van der Waals surface area contributed by atoms with E-state index >= 15 is 0 Å². The van der Waals surface area contributed by atoms with Gasteiger partial charge >= 0.3 is 5.97 Å². The molecule has 1 aromatic carbocycles. The van der Waals surface area contributed by atoms with E-state index in [9.17, 15) is 14.3 Å². The summed E-state index contributed by atoms with van der Waals surface area (Å²) in [5.41, 5.74) is 1.23. The number of rotatable bonds is 6. The van der Waals surface area contributed by atoms with Gasteiger partial charge in [-0.05, 0) is 60.8 Å². The molecule has 2 fully saturated rings. The van der Waals surface area contributed by atoms with E-state index in [1.807, 2.05) is 25.5 Å². The summed E-state index contributed by atoms with van der Waals surface area (Å²) in [4.78, 5) is 16.5. The normalized spacial score (nSPS) is 33.6. The van der Waals surface area contributed by atoms with E-state index in [2.05, 4.69) is 29.7 Å². The molecule has 6 atom stereocenters. The Morgan fingerprint density at radius 1 is 1.18 bits per heavy atom. The van der Waals surface area contributed by atoms with Gasteiger partial charge in [-0.1, -0.05) is 32.1 Å². The minimum absolute atomic E-state index is 0.0535. The van der Waals surface area contributed by atoms with Gasteiger partial charge in [0.25, 0.3) is 0 Å². The number of piperazine rings is 1. The highest BCUT2D eigenvalue weighted by Gasteiger charge is 2.53. The molecule has 0 bridgehead atoms. The van der Waals surface area contributed by atoms with Crippen LogP contribution in [0, 0.1) is 35.9 Å². The molecule has 1 aliphatic heterocycles. The Bertz CT molecular complexity index is 880. The van der Waals surface area contributed by atoms with Crippen molar-refractivity contribution >= 4 is 5.97 Å². The molecular formula is C28H40FN2O3. The lowest BCUT2D eigenvalue weighted by Crippen LogP contribution is -2.57. The minimum atomic E-state index is -0.940. The number of esters is 1. The molecule has 1 radical (unpaired) electrons. The first-order chi connectivity index (χ1) is 16.2. The van der Waals surface area contributed by atoms with Crippen molar-refractivity contribution in [1.29, 1.82) is 0 Å². The maximum atomic E-state index is 13.2. The topological polar surface area (TPSA) is 53.0 Å². The van der Waals surface area contributed by atoms with E-state index in [4.69, 9.17) is 4.74 Å². The third-order valence-corrected chi connectivity index (χ3v) is 8.38. The molecule has 1 saturated heterocycles. The average molecular weight is 472 g/mol. The van der Waals surface area contributed by atoms with Crippen LogP contribution in [-0.4, -0.2) is 65.3 Å². The van der Waals surface area contributed by atoms with Crippen molar-refractivity contribution in [2.24, 2.45) is 23.7 Å². The maximum absolute atomic E-state index is 13.2. The van der Waals surface area contributed by atoms with Gasteiger partial charge in [-0.25, -0.2) is 4.39 Å². The SMILES string of the molecule is CC(=O)O[C@@H]1[CH][C@@]2(O)[C@H](C)CC[C@@H](C(C)CN3CCN(Cc4ccc(F)cc4)CC3)[C@H]2C=C1C. The summed E-state index contributed by atoms with van der Waals surface area (Å²) in [5.74, 6) is 0.534. The van der Waals surface area contributed by atoms with Crippen LogP contribution in [0.3, 0.4) is 0 Å². The molecule has 1 aromatic rings. The quantitative estimate of drug-likeness (QED) is 0.501. The molecule has 1 N–H and O–H groups in total. The second kappa shape index (κ2) is 10.5. The number of hydrogen-bond donors (Lipinski definition) is 1. The first kappa shape index (κ1) is 25.3. The third kappa shape index (κ3) is 5.55. The van der Waals surface area contributed by atoms with Gasteiger partial charge in [0, 0.05) is 58.5 Å². The Kier molecular flexibility index (Phi) is 7.80. The molecule has 187 valence electrons. The largest absolute Gasteiger partial charge is 0.458 e. The summed E-state index contributed by atoms with van der Waals surface area (Å²) in [6.45, 7) is 13.8. The highest BCUT2D eigenvalue weighted by Crippen LogP contribution is 2.50. The van der Waals surface area contributed by atoms with Crippen LogP contribution >= 0.6 is 0 Å². The van der Waals surface area contributed by atoms with Crippen LogP contribution < -0.4 is 0 Å². The molecule has 2 aliphatic carbocycles. The second-order valence-electron chi connectivity index (χ2n) is 10.8. The summed E-state index contributed by atoms with van der Waals surface area (Å²) in [6, 6.07) is 6.81. The predicted molar refractivity (Wildman–Crippen MR) is 131 cm³/mol. The highest BCUT2D eigenvalue weighted by molar-refractivity contribution is 5.66. The summed E-state index contributed by atoms with van der Waals surface area (Å²) in [6.07, 6.45) is 5.72. The predicted octanol–water partition coefficient (Wildman–Crippen LogP) is 4.07. The number of aliphatic hydroxyl groups is 1. The van der Waals surface area contributed by atoms with Crippen LogP contribution in [0.15, 0.2) is 35.9 Å². The fourth-order valence-electron chi connectivity index (χ4n) is 6.27. The lowest BCUT2D eigenvalue weighted by Gasteiger charge is -2.53. The number of nitrogens with zero attached hydrogens (tertiary/aromatic N) is 2. The lowest BCUT2D eigenvalue weighted by atomic mass is 9.57. The van der Waals surface area contributed by atoms with Crippen LogP contribution in [0.4, 0.5) is 4.39 Å². The first-order valence-electron chi connectivity index (χ1n) is 12.8. The average Bonchev–Trinajstić information content (AvgIpc) is 2.78. The molecule has 3 aliphatic rings.